The molecule has 1 N–H and O–H groups in total. The Bertz CT molecular complexity index is 1480. The lowest BCUT2D eigenvalue weighted by Gasteiger charge is -2.15. The van der Waals surface area contributed by atoms with E-state index in [9.17, 15) is 14.4 Å². The molecular weight excluding hydrogens is 446 g/mol. The molecule has 0 spiro atoms. The van der Waals surface area contributed by atoms with E-state index in [0.717, 1.165) is 26.8 Å². The molecule has 0 aliphatic rings. The maximum atomic E-state index is 13.5. The number of benzene rings is 2. The largest absolute Gasteiger partial charge is 0.383 e. The second kappa shape index (κ2) is 10.1. The van der Waals surface area contributed by atoms with E-state index < -0.39 is 23.7 Å². The number of hydrogen-bond donors (Lipinski definition) is 1. The SMILES string of the molecule is COCCn1cnc2c1c(=O)n(CC(=O)Nc1c(C)cc(C)cc1C)c(=O)n2Cc1ccccc1. The van der Waals surface area contributed by atoms with Crippen molar-refractivity contribution < 1.29 is 9.53 Å². The molecule has 9 heteroatoms. The van der Waals surface area contributed by atoms with Crippen LogP contribution in [-0.2, 0) is 29.2 Å². The molecule has 182 valence electrons. The number of amides is 1. The predicted octanol–water partition coefficient (Wildman–Crippen LogP) is 2.62. The Hall–Kier alpha value is -3.98. The minimum absolute atomic E-state index is 0.218. The van der Waals surface area contributed by atoms with E-state index in [0.29, 0.717) is 18.8 Å². The Labute approximate surface area is 202 Å². The van der Waals surface area contributed by atoms with Crippen LogP contribution in [0.25, 0.3) is 11.2 Å². The van der Waals surface area contributed by atoms with Gasteiger partial charge in [0.25, 0.3) is 5.56 Å². The van der Waals surface area contributed by atoms with Crippen molar-refractivity contribution in [3.63, 3.8) is 0 Å². The van der Waals surface area contributed by atoms with Gasteiger partial charge in [0.15, 0.2) is 11.2 Å². The number of anilines is 1. The van der Waals surface area contributed by atoms with E-state index in [-0.39, 0.29) is 17.7 Å². The van der Waals surface area contributed by atoms with E-state index >= 15 is 0 Å². The highest BCUT2D eigenvalue weighted by Crippen LogP contribution is 2.21. The molecule has 2 aromatic heterocycles. The molecule has 4 rings (SSSR count). The van der Waals surface area contributed by atoms with Crippen LogP contribution in [0.1, 0.15) is 22.3 Å². The van der Waals surface area contributed by atoms with Gasteiger partial charge in [0, 0.05) is 19.3 Å². The molecule has 0 radical (unpaired) electrons. The predicted molar refractivity (Wildman–Crippen MR) is 135 cm³/mol. The number of nitrogens with zero attached hydrogens (tertiary/aromatic N) is 4. The van der Waals surface area contributed by atoms with Gasteiger partial charge in [-0.3, -0.25) is 14.2 Å². The molecule has 0 saturated carbocycles. The third-order valence-electron chi connectivity index (χ3n) is 5.95. The van der Waals surface area contributed by atoms with E-state index in [2.05, 4.69) is 10.3 Å². The molecule has 0 saturated heterocycles. The van der Waals surface area contributed by atoms with Crippen LogP contribution in [0.15, 0.2) is 58.4 Å². The number of imidazole rings is 1. The Kier molecular flexibility index (Phi) is 6.97. The van der Waals surface area contributed by atoms with Crippen molar-refractivity contribution in [2.45, 2.75) is 40.4 Å². The van der Waals surface area contributed by atoms with E-state index in [4.69, 9.17) is 4.74 Å². The van der Waals surface area contributed by atoms with Crippen molar-refractivity contribution in [3.8, 4) is 0 Å². The van der Waals surface area contributed by atoms with Crippen molar-refractivity contribution in [2.75, 3.05) is 19.0 Å². The summed E-state index contributed by atoms with van der Waals surface area (Å²) in [6.07, 6.45) is 1.52. The van der Waals surface area contributed by atoms with Gasteiger partial charge in [-0.25, -0.2) is 14.3 Å². The summed E-state index contributed by atoms with van der Waals surface area (Å²) in [5.74, 6) is -0.451. The Morgan fingerprint density at radius 3 is 2.37 bits per heavy atom. The maximum absolute atomic E-state index is 13.5. The van der Waals surface area contributed by atoms with Crippen molar-refractivity contribution >= 4 is 22.8 Å². The third-order valence-corrected chi connectivity index (χ3v) is 5.95. The van der Waals surface area contributed by atoms with Gasteiger partial charge < -0.3 is 14.6 Å². The first-order valence-corrected chi connectivity index (χ1v) is 11.4. The smallest absolute Gasteiger partial charge is 0.333 e. The van der Waals surface area contributed by atoms with Crippen LogP contribution >= 0.6 is 0 Å². The minimum Gasteiger partial charge on any atom is -0.383 e. The van der Waals surface area contributed by atoms with Crippen molar-refractivity contribution in [1.82, 2.24) is 18.7 Å². The highest BCUT2D eigenvalue weighted by molar-refractivity contribution is 5.92. The lowest BCUT2D eigenvalue weighted by Crippen LogP contribution is -2.43. The van der Waals surface area contributed by atoms with E-state index in [1.807, 2.05) is 63.2 Å². The minimum atomic E-state index is -0.587. The number of ether oxygens (including phenoxy) is 1. The zero-order chi connectivity index (χ0) is 25.1. The van der Waals surface area contributed by atoms with Crippen LogP contribution in [0.4, 0.5) is 5.69 Å². The van der Waals surface area contributed by atoms with Gasteiger partial charge in [0.2, 0.25) is 5.91 Å². The number of aromatic nitrogens is 4. The highest BCUT2D eigenvalue weighted by atomic mass is 16.5. The van der Waals surface area contributed by atoms with E-state index in [1.54, 1.807) is 11.7 Å². The lowest BCUT2D eigenvalue weighted by atomic mass is 10.1. The van der Waals surface area contributed by atoms with Gasteiger partial charge >= 0.3 is 5.69 Å². The average molecular weight is 476 g/mol. The highest BCUT2D eigenvalue weighted by Gasteiger charge is 2.20. The van der Waals surface area contributed by atoms with Crippen LogP contribution < -0.4 is 16.6 Å². The maximum Gasteiger partial charge on any atom is 0.333 e. The summed E-state index contributed by atoms with van der Waals surface area (Å²) in [5, 5.41) is 2.88. The molecule has 0 unspecified atom stereocenters. The van der Waals surface area contributed by atoms with Crippen LogP contribution in [-0.4, -0.2) is 38.3 Å². The Balaban J connectivity index is 1.78. The second-order valence-corrected chi connectivity index (χ2v) is 8.67. The summed E-state index contributed by atoms with van der Waals surface area (Å²) >= 11 is 0. The summed E-state index contributed by atoms with van der Waals surface area (Å²) in [7, 11) is 1.57. The molecule has 9 nitrogen and oxygen atoms in total. The molecule has 2 heterocycles. The van der Waals surface area contributed by atoms with Gasteiger partial charge in [0.05, 0.1) is 19.5 Å². The van der Waals surface area contributed by atoms with Gasteiger partial charge in [-0.1, -0.05) is 48.0 Å². The summed E-state index contributed by atoms with van der Waals surface area (Å²) in [6.45, 7) is 6.38. The molecule has 0 aliphatic heterocycles. The van der Waals surface area contributed by atoms with Crippen LogP contribution in [0, 0.1) is 20.8 Å². The summed E-state index contributed by atoms with van der Waals surface area (Å²) < 4.78 is 9.23. The molecule has 0 atom stereocenters. The number of methoxy groups -OCH3 is 1. The number of carbonyl (C=O) groups is 1. The van der Waals surface area contributed by atoms with Crippen molar-refractivity contribution in [2.24, 2.45) is 0 Å². The Morgan fingerprint density at radius 1 is 1.03 bits per heavy atom. The van der Waals surface area contributed by atoms with Crippen molar-refractivity contribution in [1.29, 1.82) is 0 Å². The fourth-order valence-corrected chi connectivity index (χ4v) is 4.35. The quantitative estimate of drug-likeness (QED) is 0.422. The van der Waals surface area contributed by atoms with Gasteiger partial charge in [0.1, 0.15) is 6.54 Å². The standard InChI is InChI=1S/C26H29N5O4/c1-17-12-18(2)22(19(3)13-17)28-21(32)15-31-25(33)23-24(27-16-29(23)10-11-35-4)30(26(31)34)14-20-8-6-5-7-9-20/h5-9,12-13,16H,10-11,14-15H2,1-4H3,(H,28,32). The van der Waals surface area contributed by atoms with E-state index in [1.165, 1.54) is 10.9 Å². The second-order valence-electron chi connectivity index (χ2n) is 8.67. The molecule has 1 amide bonds. The molecular formula is C26H29N5O4. The third kappa shape index (κ3) is 4.95. The molecule has 2 aromatic carbocycles. The first kappa shape index (κ1) is 24.2. The molecule has 0 aliphatic carbocycles. The fourth-order valence-electron chi connectivity index (χ4n) is 4.35. The first-order chi connectivity index (χ1) is 16.8. The van der Waals surface area contributed by atoms with Crippen LogP contribution in [0.5, 0.6) is 0 Å². The first-order valence-electron chi connectivity index (χ1n) is 11.4. The molecule has 4 aromatic rings. The Morgan fingerprint density at radius 2 is 1.71 bits per heavy atom. The number of hydrogen-bond acceptors (Lipinski definition) is 5. The molecule has 0 fully saturated rings. The summed E-state index contributed by atoms with van der Waals surface area (Å²) in [4.78, 5) is 44.3. The van der Waals surface area contributed by atoms with Crippen LogP contribution in [0.2, 0.25) is 0 Å². The molecule has 0 bridgehead atoms. The topological polar surface area (TPSA) is 100 Å². The monoisotopic (exact) mass is 475 g/mol. The normalized spacial score (nSPS) is 11.2. The zero-order valence-electron chi connectivity index (χ0n) is 20.4. The van der Waals surface area contributed by atoms with Gasteiger partial charge in [-0.05, 0) is 37.5 Å². The van der Waals surface area contributed by atoms with Crippen LogP contribution in [0.3, 0.4) is 0 Å². The number of carbonyl (C=O) groups excluding carboxylic acids is 1. The summed E-state index contributed by atoms with van der Waals surface area (Å²) in [6, 6.07) is 13.4. The number of fused-ring (bicyclic) bond motifs is 1. The van der Waals surface area contributed by atoms with Crippen molar-refractivity contribution in [3.05, 3.63) is 91.9 Å². The average Bonchev–Trinajstić information content (AvgIpc) is 3.25. The fraction of sp³-hybridized carbons (Fsp3) is 0.308. The lowest BCUT2D eigenvalue weighted by molar-refractivity contribution is -0.116. The van der Waals surface area contributed by atoms with Gasteiger partial charge in [-0.2, -0.15) is 0 Å². The van der Waals surface area contributed by atoms with Gasteiger partial charge in [-0.15, -0.1) is 0 Å². The number of aryl methyl sites for hydroxylation is 3. The zero-order valence-corrected chi connectivity index (χ0v) is 20.4. The molecule has 35 heavy (non-hydrogen) atoms. The summed E-state index contributed by atoms with van der Waals surface area (Å²) in [5.41, 5.74) is 3.87. The number of nitrogens with one attached hydrogen (secondary N) is 1. The number of rotatable bonds is 8.